The molecule has 0 aromatic carbocycles. The van der Waals surface area contributed by atoms with Crippen LogP contribution in [0.2, 0.25) is 0 Å². The molecule has 5 nitrogen and oxygen atoms in total. The van der Waals surface area contributed by atoms with Crippen molar-refractivity contribution in [3.8, 4) is 0 Å². The van der Waals surface area contributed by atoms with Crippen LogP contribution in [-0.4, -0.2) is 42.8 Å². The van der Waals surface area contributed by atoms with Gasteiger partial charge in [-0.2, -0.15) is 0 Å². The molecule has 0 radical (unpaired) electrons. The topological polar surface area (TPSA) is 50.3 Å². The zero-order valence-electron chi connectivity index (χ0n) is 11.6. The Kier molecular flexibility index (Phi) is 4.01. The fraction of sp³-hybridized carbons (Fsp3) is 0.692. The van der Waals surface area contributed by atoms with E-state index < -0.39 is 0 Å². The van der Waals surface area contributed by atoms with E-state index in [2.05, 4.69) is 34.0 Å². The lowest BCUT2D eigenvalue weighted by atomic mass is 10.00. The fourth-order valence-corrected chi connectivity index (χ4v) is 2.64. The van der Waals surface area contributed by atoms with Crippen molar-refractivity contribution in [2.75, 3.05) is 30.9 Å². The minimum absolute atomic E-state index is 0.377. The molecule has 1 aliphatic heterocycles. The quantitative estimate of drug-likeness (QED) is 0.887. The normalized spacial score (nSPS) is 24.1. The van der Waals surface area contributed by atoms with E-state index >= 15 is 0 Å². The van der Waals surface area contributed by atoms with Crippen LogP contribution in [0, 0.1) is 6.92 Å². The molecule has 1 N–H and O–H groups in total. The van der Waals surface area contributed by atoms with E-state index in [9.17, 15) is 0 Å². The van der Waals surface area contributed by atoms with Gasteiger partial charge in [-0.1, -0.05) is 0 Å². The Morgan fingerprint density at radius 3 is 2.83 bits per heavy atom. The van der Waals surface area contributed by atoms with Gasteiger partial charge in [0.1, 0.15) is 18.0 Å². The Morgan fingerprint density at radius 1 is 1.44 bits per heavy atom. The van der Waals surface area contributed by atoms with Crippen molar-refractivity contribution >= 4 is 11.6 Å². The highest BCUT2D eigenvalue weighted by Gasteiger charge is 2.27. The number of nitrogens with one attached hydrogen (secondary N) is 1. The number of piperidine rings is 1. The second-order valence-electron chi connectivity index (χ2n) is 4.85. The number of ether oxygens (including phenoxy) is 1. The summed E-state index contributed by atoms with van der Waals surface area (Å²) in [6.45, 7) is 5.28. The van der Waals surface area contributed by atoms with Crippen molar-refractivity contribution in [2.24, 2.45) is 0 Å². The van der Waals surface area contributed by atoms with Gasteiger partial charge in [-0.25, -0.2) is 9.97 Å². The molecule has 1 aliphatic rings. The number of aromatic nitrogens is 2. The summed E-state index contributed by atoms with van der Waals surface area (Å²) >= 11 is 0. The molecule has 0 bridgehead atoms. The summed E-state index contributed by atoms with van der Waals surface area (Å²) < 4.78 is 5.45. The van der Waals surface area contributed by atoms with Crippen molar-refractivity contribution in [1.29, 1.82) is 0 Å². The van der Waals surface area contributed by atoms with Crippen LogP contribution >= 0.6 is 0 Å². The van der Waals surface area contributed by atoms with Gasteiger partial charge < -0.3 is 15.0 Å². The molecule has 0 aliphatic carbocycles. The van der Waals surface area contributed by atoms with E-state index in [0.717, 1.165) is 36.6 Å². The maximum Gasteiger partial charge on any atom is 0.137 e. The van der Waals surface area contributed by atoms with Gasteiger partial charge in [0.15, 0.2) is 0 Å². The molecule has 2 atom stereocenters. The molecule has 0 spiro atoms. The highest BCUT2D eigenvalue weighted by Crippen LogP contribution is 2.28. The van der Waals surface area contributed by atoms with Gasteiger partial charge >= 0.3 is 0 Å². The number of rotatable bonds is 3. The second kappa shape index (κ2) is 5.52. The van der Waals surface area contributed by atoms with Crippen LogP contribution < -0.4 is 10.2 Å². The van der Waals surface area contributed by atoms with Crippen LogP contribution in [0.4, 0.5) is 11.6 Å². The number of anilines is 2. The van der Waals surface area contributed by atoms with Crippen molar-refractivity contribution in [3.05, 3.63) is 11.9 Å². The Labute approximate surface area is 109 Å². The highest BCUT2D eigenvalue weighted by molar-refractivity contribution is 5.58. The molecular weight excluding hydrogens is 228 g/mol. The average Bonchev–Trinajstić information content (AvgIpc) is 2.39. The largest absolute Gasteiger partial charge is 0.381 e. The van der Waals surface area contributed by atoms with Gasteiger partial charge in [-0.3, -0.25) is 0 Å². The first-order chi connectivity index (χ1) is 8.67. The number of methoxy groups -OCH3 is 1. The summed E-state index contributed by atoms with van der Waals surface area (Å²) in [5.74, 6) is 1.94. The highest BCUT2D eigenvalue weighted by atomic mass is 16.5. The summed E-state index contributed by atoms with van der Waals surface area (Å²) in [5, 5.41) is 3.11. The first-order valence-electron chi connectivity index (χ1n) is 6.46. The maximum absolute atomic E-state index is 5.45. The maximum atomic E-state index is 5.45. The minimum atomic E-state index is 0.377. The van der Waals surface area contributed by atoms with Crippen molar-refractivity contribution in [3.63, 3.8) is 0 Å². The number of hydrogen-bond acceptors (Lipinski definition) is 5. The third-order valence-corrected chi connectivity index (χ3v) is 3.73. The molecule has 1 fully saturated rings. The van der Waals surface area contributed by atoms with Crippen LogP contribution in [0.1, 0.15) is 25.3 Å². The molecule has 2 rings (SSSR count). The standard InChI is InChI=1S/C13H22N4O/c1-9-7-11(18-4)5-6-17(9)13-10(2)12(14-3)15-8-16-13/h8-9,11H,5-7H2,1-4H3,(H,14,15,16). The zero-order chi connectivity index (χ0) is 13.1. The third kappa shape index (κ3) is 2.41. The first kappa shape index (κ1) is 13.1. The fourth-order valence-electron chi connectivity index (χ4n) is 2.64. The van der Waals surface area contributed by atoms with Gasteiger partial charge in [0.25, 0.3) is 0 Å². The molecule has 1 aromatic rings. The summed E-state index contributed by atoms with van der Waals surface area (Å²) in [6.07, 6.45) is 4.11. The first-order valence-corrected chi connectivity index (χ1v) is 6.46. The molecule has 100 valence electrons. The van der Waals surface area contributed by atoms with Gasteiger partial charge in [-0.15, -0.1) is 0 Å². The number of nitrogens with zero attached hydrogens (tertiary/aromatic N) is 3. The molecule has 2 unspecified atom stereocenters. The average molecular weight is 250 g/mol. The monoisotopic (exact) mass is 250 g/mol. The second-order valence-corrected chi connectivity index (χ2v) is 4.85. The van der Waals surface area contributed by atoms with E-state index in [1.807, 2.05) is 7.05 Å². The Morgan fingerprint density at radius 2 is 2.22 bits per heavy atom. The molecule has 18 heavy (non-hydrogen) atoms. The van der Waals surface area contributed by atoms with Crippen LogP contribution in [0.25, 0.3) is 0 Å². The molecule has 0 amide bonds. The lowest BCUT2D eigenvalue weighted by molar-refractivity contribution is 0.0719. The molecule has 2 heterocycles. The van der Waals surface area contributed by atoms with Gasteiger partial charge in [-0.05, 0) is 26.7 Å². The smallest absolute Gasteiger partial charge is 0.137 e. The summed E-state index contributed by atoms with van der Waals surface area (Å²) in [6, 6.07) is 0.446. The van der Waals surface area contributed by atoms with Crippen LogP contribution in [0.5, 0.6) is 0 Å². The molecule has 5 heteroatoms. The van der Waals surface area contributed by atoms with Crippen molar-refractivity contribution < 1.29 is 4.74 Å². The summed E-state index contributed by atoms with van der Waals surface area (Å²) in [5.41, 5.74) is 1.11. The Hall–Kier alpha value is -1.36. The lowest BCUT2D eigenvalue weighted by Crippen LogP contribution is -2.44. The third-order valence-electron chi connectivity index (χ3n) is 3.73. The Bertz CT molecular complexity index is 410. The predicted octanol–water partition coefficient (Wildman–Crippen LogP) is 1.83. The van der Waals surface area contributed by atoms with E-state index in [1.54, 1.807) is 13.4 Å². The van der Waals surface area contributed by atoms with Crippen molar-refractivity contribution in [2.45, 2.75) is 38.8 Å². The van der Waals surface area contributed by atoms with Crippen LogP contribution in [0.3, 0.4) is 0 Å². The zero-order valence-corrected chi connectivity index (χ0v) is 11.6. The molecule has 0 saturated carbocycles. The Balaban J connectivity index is 2.22. The van der Waals surface area contributed by atoms with Crippen LogP contribution in [-0.2, 0) is 4.74 Å². The lowest BCUT2D eigenvalue weighted by Gasteiger charge is -2.38. The minimum Gasteiger partial charge on any atom is -0.381 e. The van der Waals surface area contributed by atoms with Crippen molar-refractivity contribution in [1.82, 2.24) is 9.97 Å². The van der Waals surface area contributed by atoms with Crippen LogP contribution in [0.15, 0.2) is 6.33 Å². The molecule has 1 aromatic heterocycles. The van der Waals surface area contributed by atoms with E-state index in [0.29, 0.717) is 12.1 Å². The summed E-state index contributed by atoms with van der Waals surface area (Å²) in [7, 11) is 3.68. The predicted molar refractivity (Wildman–Crippen MR) is 73.2 cm³/mol. The van der Waals surface area contributed by atoms with E-state index in [-0.39, 0.29) is 0 Å². The molecular formula is C13H22N4O. The SMILES string of the molecule is CNc1ncnc(N2CCC(OC)CC2C)c1C. The van der Waals surface area contributed by atoms with E-state index in [4.69, 9.17) is 4.74 Å². The van der Waals surface area contributed by atoms with Gasteiger partial charge in [0.05, 0.1) is 6.10 Å². The number of hydrogen-bond donors (Lipinski definition) is 1. The van der Waals surface area contributed by atoms with Gasteiger partial charge in [0, 0.05) is 32.3 Å². The molecule has 1 saturated heterocycles. The van der Waals surface area contributed by atoms with E-state index in [1.165, 1.54) is 0 Å². The summed E-state index contributed by atoms with van der Waals surface area (Å²) in [4.78, 5) is 11.0. The van der Waals surface area contributed by atoms with Gasteiger partial charge in [0.2, 0.25) is 0 Å².